The number of aromatic amines is 1. The highest BCUT2D eigenvalue weighted by molar-refractivity contribution is 5.94. The van der Waals surface area contributed by atoms with E-state index < -0.39 is 35.9 Å². The first kappa shape index (κ1) is 30.1. The van der Waals surface area contributed by atoms with Gasteiger partial charge in [0.15, 0.2) is 0 Å². The number of benzene rings is 1. The van der Waals surface area contributed by atoms with Crippen LogP contribution in [-0.2, 0) is 25.6 Å². The second-order valence-electron chi connectivity index (χ2n) is 10.3. The maximum Gasteiger partial charge on any atom is 0.326 e. The second-order valence-corrected chi connectivity index (χ2v) is 10.3. The van der Waals surface area contributed by atoms with Crippen LogP contribution in [0.2, 0.25) is 0 Å². The summed E-state index contributed by atoms with van der Waals surface area (Å²) in [6.45, 7) is 4.94. The lowest BCUT2D eigenvalue weighted by molar-refractivity contribution is -0.142. The molecule has 11 nitrogen and oxygen atoms in total. The fourth-order valence-electron chi connectivity index (χ4n) is 4.88. The lowest BCUT2D eigenvalue weighted by Crippen LogP contribution is -2.58. The Balaban J connectivity index is 1.72. The van der Waals surface area contributed by atoms with E-state index in [1.165, 1.54) is 0 Å². The Kier molecular flexibility index (Phi) is 11.3. The zero-order chi connectivity index (χ0) is 28.4. The number of nitrogens with two attached hydrogens (primary N) is 1. The molecule has 1 aliphatic heterocycles. The number of hydrogen-bond acceptors (Lipinski definition) is 6. The summed E-state index contributed by atoms with van der Waals surface area (Å²) in [5, 5.41) is 22.2. The number of amides is 3. The maximum absolute atomic E-state index is 13.4. The summed E-state index contributed by atoms with van der Waals surface area (Å²) in [5.41, 5.74) is 7.27. The van der Waals surface area contributed by atoms with Crippen molar-refractivity contribution in [3.8, 4) is 0 Å². The van der Waals surface area contributed by atoms with Crippen molar-refractivity contribution in [2.75, 3.05) is 13.1 Å². The van der Waals surface area contributed by atoms with Crippen LogP contribution in [0.3, 0.4) is 0 Å². The Bertz CT molecular complexity index is 1130. The van der Waals surface area contributed by atoms with Crippen molar-refractivity contribution >= 4 is 34.6 Å². The molecule has 3 rings (SSSR count). The van der Waals surface area contributed by atoms with Crippen LogP contribution in [0.15, 0.2) is 30.5 Å². The summed E-state index contributed by atoms with van der Waals surface area (Å²) in [6.07, 6.45) is 5.72. The molecule has 0 saturated carbocycles. The molecular weight excluding hydrogens is 500 g/mol. The van der Waals surface area contributed by atoms with Crippen molar-refractivity contribution in [3.63, 3.8) is 0 Å². The molecule has 0 aliphatic carbocycles. The number of unbranched alkanes of at least 4 members (excludes halogenated alkanes) is 1. The molecule has 1 fully saturated rings. The van der Waals surface area contributed by atoms with Gasteiger partial charge in [-0.15, -0.1) is 0 Å². The van der Waals surface area contributed by atoms with Crippen molar-refractivity contribution in [1.29, 1.82) is 0 Å². The van der Waals surface area contributed by atoms with Crippen LogP contribution in [0, 0.1) is 5.92 Å². The Hall–Kier alpha value is -3.44. The first-order chi connectivity index (χ1) is 18.7. The molecule has 8 N–H and O–H groups in total. The van der Waals surface area contributed by atoms with Gasteiger partial charge in [-0.05, 0) is 62.7 Å². The zero-order valence-corrected chi connectivity index (χ0v) is 22.8. The first-order valence-electron chi connectivity index (χ1n) is 13.9. The van der Waals surface area contributed by atoms with Gasteiger partial charge >= 0.3 is 5.97 Å². The third kappa shape index (κ3) is 8.27. The van der Waals surface area contributed by atoms with E-state index in [1.807, 2.05) is 38.1 Å². The van der Waals surface area contributed by atoms with Gasteiger partial charge in [-0.2, -0.15) is 0 Å². The van der Waals surface area contributed by atoms with E-state index in [4.69, 9.17) is 5.73 Å². The third-order valence-corrected chi connectivity index (χ3v) is 7.46. The average molecular weight is 543 g/mol. The van der Waals surface area contributed by atoms with Gasteiger partial charge in [0.25, 0.3) is 0 Å². The largest absolute Gasteiger partial charge is 0.480 e. The number of aromatic nitrogens is 1. The molecule has 1 aromatic heterocycles. The number of carbonyl (C=O) groups is 4. The molecule has 0 spiro atoms. The number of fused-ring (bicyclic) bond motifs is 1. The zero-order valence-electron chi connectivity index (χ0n) is 22.8. The normalized spacial score (nSPS) is 18.2. The topological polar surface area (TPSA) is 178 Å². The molecule has 1 aliphatic rings. The van der Waals surface area contributed by atoms with E-state index in [2.05, 4.69) is 26.3 Å². The number of carboxylic acids is 1. The number of rotatable bonds is 15. The Labute approximate surface area is 229 Å². The average Bonchev–Trinajstić information content (AvgIpc) is 3.61. The molecule has 11 heteroatoms. The monoisotopic (exact) mass is 542 g/mol. The van der Waals surface area contributed by atoms with E-state index >= 15 is 0 Å². The Morgan fingerprint density at radius 3 is 2.51 bits per heavy atom. The molecule has 1 saturated heterocycles. The van der Waals surface area contributed by atoms with Gasteiger partial charge in [-0.3, -0.25) is 14.4 Å². The molecule has 0 radical (unpaired) electrons. The summed E-state index contributed by atoms with van der Waals surface area (Å²) in [7, 11) is 0. The lowest BCUT2D eigenvalue weighted by Gasteiger charge is -2.28. The van der Waals surface area contributed by atoms with E-state index in [1.54, 1.807) is 6.20 Å². The van der Waals surface area contributed by atoms with Crippen LogP contribution in [0.5, 0.6) is 0 Å². The fourth-order valence-corrected chi connectivity index (χ4v) is 4.88. The smallest absolute Gasteiger partial charge is 0.326 e. The fraction of sp³-hybridized carbons (Fsp3) is 0.571. The molecule has 214 valence electrons. The van der Waals surface area contributed by atoms with E-state index in [0.29, 0.717) is 38.6 Å². The quantitative estimate of drug-likeness (QED) is 0.165. The number of aliphatic carboxylic acids is 1. The maximum atomic E-state index is 13.4. The SMILES string of the molecule is CCC(C)C(NC(=O)C(CCCCN)NC(=O)C1CCCN1)C(=O)NC(Cc1c[nH]c2ccccc12)C(=O)O. The van der Waals surface area contributed by atoms with Crippen LogP contribution in [0.1, 0.15) is 57.9 Å². The molecular formula is C28H42N6O5. The molecule has 2 heterocycles. The second kappa shape index (κ2) is 14.6. The molecule has 3 amide bonds. The van der Waals surface area contributed by atoms with Crippen LogP contribution in [-0.4, -0.2) is 71.0 Å². The Morgan fingerprint density at radius 2 is 1.85 bits per heavy atom. The highest BCUT2D eigenvalue weighted by Crippen LogP contribution is 2.19. The predicted molar refractivity (Wildman–Crippen MR) is 149 cm³/mol. The number of H-pyrrole nitrogens is 1. The summed E-state index contributed by atoms with van der Waals surface area (Å²) >= 11 is 0. The molecule has 2 aromatic rings. The van der Waals surface area contributed by atoms with Crippen molar-refractivity contribution in [3.05, 3.63) is 36.0 Å². The number of carbonyl (C=O) groups excluding carboxylic acids is 3. The molecule has 0 bridgehead atoms. The lowest BCUT2D eigenvalue weighted by atomic mass is 9.96. The predicted octanol–water partition coefficient (Wildman–Crippen LogP) is 1.18. The summed E-state index contributed by atoms with van der Waals surface area (Å²) < 4.78 is 0. The molecule has 39 heavy (non-hydrogen) atoms. The van der Waals surface area contributed by atoms with Crippen molar-refractivity contribution in [1.82, 2.24) is 26.3 Å². The minimum atomic E-state index is -1.19. The minimum absolute atomic E-state index is 0.0818. The minimum Gasteiger partial charge on any atom is -0.480 e. The molecule has 5 unspecified atom stereocenters. The van der Waals surface area contributed by atoms with Gasteiger partial charge in [0.1, 0.15) is 18.1 Å². The number of para-hydroxylation sites is 1. The number of nitrogens with one attached hydrogen (secondary N) is 5. The van der Waals surface area contributed by atoms with Crippen molar-refractivity contribution < 1.29 is 24.3 Å². The third-order valence-electron chi connectivity index (χ3n) is 7.46. The number of carboxylic acid groups (broad SMARTS) is 1. The van der Waals surface area contributed by atoms with Crippen molar-refractivity contribution in [2.45, 2.75) is 83.0 Å². The van der Waals surface area contributed by atoms with E-state index in [9.17, 15) is 24.3 Å². The Morgan fingerprint density at radius 1 is 1.08 bits per heavy atom. The summed E-state index contributed by atoms with van der Waals surface area (Å²) in [4.78, 5) is 54.7. The van der Waals surface area contributed by atoms with Crippen molar-refractivity contribution in [2.24, 2.45) is 11.7 Å². The highest BCUT2D eigenvalue weighted by atomic mass is 16.4. The summed E-state index contributed by atoms with van der Waals surface area (Å²) in [5.74, 6) is -2.72. The van der Waals surface area contributed by atoms with Gasteiger partial charge in [0, 0.05) is 23.5 Å². The van der Waals surface area contributed by atoms with Crippen LogP contribution >= 0.6 is 0 Å². The van der Waals surface area contributed by atoms with Gasteiger partial charge in [0.2, 0.25) is 17.7 Å². The van der Waals surface area contributed by atoms with Crippen LogP contribution < -0.4 is 27.0 Å². The van der Waals surface area contributed by atoms with E-state index in [0.717, 1.165) is 29.4 Å². The van der Waals surface area contributed by atoms with Crippen LogP contribution in [0.4, 0.5) is 0 Å². The van der Waals surface area contributed by atoms with Crippen LogP contribution in [0.25, 0.3) is 10.9 Å². The van der Waals surface area contributed by atoms with Gasteiger partial charge in [-0.25, -0.2) is 4.79 Å². The summed E-state index contributed by atoms with van der Waals surface area (Å²) in [6, 6.07) is 4.22. The highest BCUT2D eigenvalue weighted by Gasteiger charge is 2.33. The standard InChI is InChI=1S/C28H42N6O5/c1-3-17(2)24(34-26(36)22(11-6-7-13-29)32-25(35)21-12-8-14-30-21)27(37)33-23(28(38)39)15-18-16-31-20-10-5-4-9-19(18)20/h4-5,9-10,16-17,21-24,30-31H,3,6-8,11-15,29H2,1-2H3,(H,32,35)(H,33,37)(H,34,36)(H,38,39). The van der Waals surface area contributed by atoms with E-state index in [-0.39, 0.29) is 24.3 Å². The van der Waals surface area contributed by atoms with Gasteiger partial charge < -0.3 is 37.1 Å². The first-order valence-corrected chi connectivity index (χ1v) is 13.9. The molecule has 1 aromatic carbocycles. The number of hydrogen-bond donors (Lipinski definition) is 7. The molecule has 5 atom stereocenters. The van der Waals surface area contributed by atoms with Gasteiger partial charge in [-0.1, -0.05) is 38.5 Å². The van der Waals surface area contributed by atoms with Gasteiger partial charge in [0.05, 0.1) is 6.04 Å².